The molecule has 0 heterocycles. The summed E-state index contributed by atoms with van der Waals surface area (Å²) in [5, 5.41) is 3.45. The summed E-state index contributed by atoms with van der Waals surface area (Å²) in [6.45, 7) is 12.0. The molecule has 0 aliphatic rings. The van der Waals surface area contributed by atoms with Gasteiger partial charge in [0.1, 0.15) is 0 Å². The van der Waals surface area contributed by atoms with E-state index in [2.05, 4.69) is 82.4 Å². The van der Waals surface area contributed by atoms with Gasteiger partial charge in [-0.25, -0.2) is 0 Å². The molecule has 0 saturated heterocycles. The zero-order chi connectivity index (χ0) is 14.8. The van der Waals surface area contributed by atoms with Crippen molar-refractivity contribution in [1.82, 2.24) is 0 Å². The molecule has 0 radical (unpaired) electrons. The van der Waals surface area contributed by atoms with Crippen molar-refractivity contribution >= 4 is 5.69 Å². The summed E-state index contributed by atoms with van der Waals surface area (Å²) in [6, 6.07) is 15.4. The number of anilines is 1. The Morgan fingerprint density at radius 1 is 1.00 bits per heavy atom. The zero-order valence-electron chi connectivity index (χ0n) is 13.2. The zero-order valence-corrected chi connectivity index (χ0v) is 13.2. The van der Waals surface area contributed by atoms with Crippen LogP contribution in [0, 0.1) is 6.92 Å². The average molecular weight is 267 g/mol. The first kappa shape index (κ1) is 14.6. The summed E-state index contributed by atoms with van der Waals surface area (Å²) in [4.78, 5) is 0. The Morgan fingerprint density at radius 3 is 2.35 bits per heavy atom. The highest BCUT2D eigenvalue weighted by atomic mass is 14.9. The Morgan fingerprint density at radius 2 is 1.70 bits per heavy atom. The van der Waals surface area contributed by atoms with Crippen LogP contribution in [-0.2, 0) is 5.41 Å². The SMILES string of the molecule is CCNc1ccccc1-c1cc(C)cc(C(C)(C)C)c1. The normalized spacial score (nSPS) is 11.4. The second-order valence-corrected chi connectivity index (χ2v) is 6.41. The number of hydrogen-bond donors (Lipinski definition) is 1. The van der Waals surface area contributed by atoms with Crippen LogP contribution in [-0.4, -0.2) is 6.54 Å². The molecule has 106 valence electrons. The van der Waals surface area contributed by atoms with Gasteiger partial charge in [0.15, 0.2) is 0 Å². The van der Waals surface area contributed by atoms with Crippen molar-refractivity contribution in [3.63, 3.8) is 0 Å². The number of hydrogen-bond acceptors (Lipinski definition) is 1. The van der Waals surface area contributed by atoms with Crippen molar-refractivity contribution in [2.45, 2.75) is 40.0 Å². The van der Waals surface area contributed by atoms with Crippen LogP contribution in [0.1, 0.15) is 38.8 Å². The Kier molecular flexibility index (Phi) is 4.17. The minimum atomic E-state index is 0.175. The Balaban J connectivity index is 2.56. The van der Waals surface area contributed by atoms with Gasteiger partial charge in [-0.1, -0.05) is 62.7 Å². The highest BCUT2D eigenvalue weighted by Crippen LogP contribution is 2.32. The van der Waals surface area contributed by atoms with Gasteiger partial charge >= 0.3 is 0 Å². The topological polar surface area (TPSA) is 12.0 Å². The lowest BCUT2D eigenvalue weighted by Gasteiger charge is -2.21. The molecular weight excluding hydrogens is 242 g/mol. The molecule has 0 aliphatic heterocycles. The first-order chi connectivity index (χ1) is 9.41. The lowest BCUT2D eigenvalue weighted by molar-refractivity contribution is 0.590. The molecule has 0 atom stereocenters. The first-order valence-electron chi connectivity index (χ1n) is 7.37. The van der Waals surface area contributed by atoms with E-state index in [-0.39, 0.29) is 5.41 Å². The Hall–Kier alpha value is -1.76. The van der Waals surface area contributed by atoms with Crippen molar-refractivity contribution in [3.05, 3.63) is 53.6 Å². The maximum Gasteiger partial charge on any atom is 0.0419 e. The molecule has 20 heavy (non-hydrogen) atoms. The van der Waals surface area contributed by atoms with Crippen LogP contribution in [0.4, 0.5) is 5.69 Å². The summed E-state index contributed by atoms with van der Waals surface area (Å²) in [6.07, 6.45) is 0. The van der Waals surface area contributed by atoms with E-state index < -0.39 is 0 Å². The van der Waals surface area contributed by atoms with Gasteiger partial charge in [0.05, 0.1) is 0 Å². The number of benzene rings is 2. The van der Waals surface area contributed by atoms with E-state index in [1.165, 1.54) is 27.9 Å². The van der Waals surface area contributed by atoms with Gasteiger partial charge in [-0.05, 0) is 36.5 Å². The molecule has 0 spiro atoms. The van der Waals surface area contributed by atoms with Crippen molar-refractivity contribution in [3.8, 4) is 11.1 Å². The number of nitrogens with one attached hydrogen (secondary N) is 1. The van der Waals surface area contributed by atoms with Gasteiger partial charge in [-0.2, -0.15) is 0 Å². The molecule has 0 amide bonds. The highest BCUT2D eigenvalue weighted by molar-refractivity contribution is 5.78. The van der Waals surface area contributed by atoms with E-state index in [0.717, 1.165) is 6.54 Å². The van der Waals surface area contributed by atoms with E-state index in [1.54, 1.807) is 0 Å². The molecule has 1 nitrogen and oxygen atoms in total. The molecule has 1 heteroatoms. The fourth-order valence-corrected chi connectivity index (χ4v) is 2.45. The second-order valence-electron chi connectivity index (χ2n) is 6.41. The molecule has 0 unspecified atom stereocenters. The minimum Gasteiger partial charge on any atom is -0.385 e. The quantitative estimate of drug-likeness (QED) is 0.786. The van der Waals surface area contributed by atoms with E-state index in [9.17, 15) is 0 Å². The minimum absolute atomic E-state index is 0.175. The summed E-state index contributed by atoms with van der Waals surface area (Å²) >= 11 is 0. The second kappa shape index (κ2) is 5.70. The molecule has 0 bridgehead atoms. The van der Waals surface area contributed by atoms with Gasteiger partial charge < -0.3 is 5.32 Å². The number of rotatable bonds is 3. The van der Waals surface area contributed by atoms with Crippen molar-refractivity contribution in [1.29, 1.82) is 0 Å². The van der Waals surface area contributed by atoms with Crippen molar-refractivity contribution in [2.75, 3.05) is 11.9 Å². The molecule has 0 saturated carbocycles. The van der Waals surface area contributed by atoms with E-state index in [1.807, 2.05) is 0 Å². The maximum atomic E-state index is 3.45. The molecule has 1 N–H and O–H groups in total. The van der Waals surface area contributed by atoms with E-state index in [0.29, 0.717) is 0 Å². The molecule has 0 fully saturated rings. The third-order valence-corrected chi connectivity index (χ3v) is 3.55. The fourth-order valence-electron chi connectivity index (χ4n) is 2.45. The van der Waals surface area contributed by atoms with Gasteiger partial charge in [-0.3, -0.25) is 0 Å². The third kappa shape index (κ3) is 3.22. The molecule has 0 aromatic heterocycles. The predicted molar refractivity (Wildman–Crippen MR) is 89.5 cm³/mol. The van der Waals surface area contributed by atoms with Crippen molar-refractivity contribution in [2.24, 2.45) is 0 Å². The molecule has 2 aromatic rings. The summed E-state index contributed by atoms with van der Waals surface area (Å²) < 4.78 is 0. The fraction of sp³-hybridized carbons (Fsp3) is 0.368. The molecule has 2 rings (SSSR count). The monoisotopic (exact) mass is 267 g/mol. The predicted octanol–water partition coefficient (Wildman–Crippen LogP) is 5.39. The summed E-state index contributed by atoms with van der Waals surface area (Å²) in [7, 11) is 0. The molecular formula is C19H25N. The van der Waals surface area contributed by atoms with Crippen LogP contribution in [0.15, 0.2) is 42.5 Å². The van der Waals surface area contributed by atoms with Crippen LogP contribution in [0.25, 0.3) is 11.1 Å². The summed E-state index contributed by atoms with van der Waals surface area (Å²) in [5.41, 5.74) is 6.67. The average Bonchev–Trinajstić information content (AvgIpc) is 2.38. The lowest BCUT2D eigenvalue weighted by Crippen LogP contribution is -2.11. The van der Waals surface area contributed by atoms with Gasteiger partial charge in [0.25, 0.3) is 0 Å². The van der Waals surface area contributed by atoms with Crippen molar-refractivity contribution < 1.29 is 0 Å². The molecule has 2 aromatic carbocycles. The maximum absolute atomic E-state index is 3.45. The smallest absolute Gasteiger partial charge is 0.0419 e. The number of aryl methyl sites for hydroxylation is 1. The van der Waals surface area contributed by atoms with Crippen LogP contribution in [0.5, 0.6) is 0 Å². The first-order valence-corrected chi connectivity index (χ1v) is 7.37. The van der Waals surface area contributed by atoms with Crippen LogP contribution in [0.2, 0.25) is 0 Å². The largest absolute Gasteiger partial charge is 0.385 e. The molecule has 0 aliphatic carbocycles. The van der Waals surface area contributed by atoms with Gasteiger partial charge in [-0.15, -0.1) is 0 Å². The van der Waals surface area contributed by atoms with E-state index in [4.69, 9.17) is 0 Å². The van der Waals surface area contributed by atoms with E-state index >= 15 is 0 Å². The van der Waals surface area contributed by atoms with Gasteiger partial charge in [0, 0.05) is 17.8 Å². The summed E-state index contributed by atoms with van der Waals surface area (Å²) in [5.74, 6) is 0. The number of para-hydroxylation sites is 1. The highest BCUT2D eigenvalue weighted by Gasteiger charge is 2.15. The Bertz CT molecular complexity index is 591. The Labute approximate surface area is 123 Å². The van der Waals surface area contributed by atoms with Gasteiger partial charge in [0.2, 0.25) is 0 Å². The van der Waals surface area contributed by atoms with Crippen LogP contribution >= 0.6 is 0 Å². The third-order valence-electron chi connectivity index (χ3n) is 3.55. The van der Waals surface area contributed by atoms with Crippen LogP contribution < -0.4 is 5.32 Å². The van der Waals surface area contributed by atoms with Crippen LogP contribution in [0.3, 0.4) is 0 Å². The lowest BCUT2D eigenvalue weighted by atomic mass is 9.84. The standard InChI is InChI=1S/C19H25N/c1-6-20-18-10-8-7-9-17(18)15-11-14(2)12-16(13-15)19(3,4)5/h7-13,20H,6H2,1-5H3.